The quantitative estimate of drug-likeness (QED) is 0.651. The Morgan fingerprint density at radius 2 is 2.10 bits per heavy atom. The number of rotatable bonds is 3. The van der Waals surface area contributed by atoms with Crippen LogP contribution in [0.4, 0.5) is 11.5 Å². The predicted octanol–water partition coefficient (Wildman–Crippen LogP) is 2.87. The van der Waals surface area contributed by atoms with E-state index in [1.165, 1.54) is 11.1 Å². The molecule has 3 aromatic heterocycles. The van der Waals surface area contributed by atoms with Crippen molar-refractivity contribution >= 4 is 23.1 Å². The Kier molecular flexibility index (Phi) is 5.00. The van der Waals surface area contributed by atoms with Gasteiger partial charge in [-0.25, -0.2) is 14.5 Å². The zero-order valence-corrected chi connectivity index (χ0v) is 18.1. The van der Waals surface area contributed by atoms with Crippen LogP contribution in [0.5, 0.6) is 0 Å². The van der Waals surface area contributed by atoms with Gasteiger partial charge in [0.05, 0.1) is 5.56 Å². The molecule has 2 aliphatic heterocycles. The molecule has 31 heavy (non-hydrogen) atoms. The fourth-order valence-corrected chi connectivity index (χ4v) is 4.77. The van der Waals surface area contributed by atoms with E-state index in [1.54, 1.807) is 16.8 Å². The fraction of sp³-hybridized carbons (Fsp3) is 0.478. The van der Waals surface area contributed by atoms with E-state index in [2.05, 4.69) is 16.9 Å². The highest BCUT2D eigenvalue weighted by Gasteiger charge is 2.25. The van der Waals surface area contributed by atoms with Crippen molar-refractivity contribution in [2.24, 2.45) is 5.92 Å². The molecule has 162 valence electrons. The van der Waals surface area contributed by atoms with Crippen LogP contribution in [0.25, 0.3) is 5.65 Å². The summed E-state index contributed by atoms with van der Waals surface area (Å²) in [6, 6.07) is 5.88. The highest BCUT2D eigenvalue weighted by atomic mass is 16.2. The molecule has 0 radical (unpaired) electrons. The number of hydrogen-bond donors (Lipinski definition) is 0. The Morgan fingerprint density at radius 3 is 2.90 bits per heavy atom. The van der Waals surface area contributed by atoms with Gasteiger partial charge in [-0.2, -0.15) is 0 Å². The van der Waals surface area contributed by atoms with Crippen LogP contribution in [0, 0.1) is 5.92 Å². The first kappa shape index (κ1) is 19.8. The predicted molar refractivity (Wildman–Crippen MR) is 119 cm³/mol. The van der Waals surface area contributed by atoms with E-state index in [0.717, 1.165) is 56.0 Å². The first-order chi connectivity index (χ1) is 15.0. The number of aryl methyl sites for hydroxylation is 2. The van der Waals surface area contributed by atoms with Crippen molar-refractivity contribution < 1.29 is 4.79 Å². The second kappa shape index (κ2) is 7.83. The zero-order chi connectivity index (χ0) is 21.5. The molecule has 0 aromatic carbocycles. The topological polar surface area (TPSA) is 75.7 Å². The third-order valence-corrected chi connectivity index (χ3v) is 6.40. The van der Waals surface area contributed by atoms with Crippen molar-refractivity contribution in [2.75, 3.05) is 24.5 Å². The Bertz CT molecular complexity index is 1200. The number of hydrogen-bond acceptors (Lipinski definition) is 5. The van der Waals surface area contributed by atoms with Crippen molar-refractivity contribution in [3.63, 3.8) is 0 Å². The molecule has 0 N–H and O–H groups in total. The molecule has 1 saturated heterocycles. The minimum atomic E-state index is -0.128. The van der Waals surface area contributed by atoms with Gasteiger partial charge in [0.25, 0.3) is 5.91 Å². The molecule has 0 unspecified atom stereocenters. The van der Waals surface area contributed by atoms with Crippen LogP contribution in [-0.4, -0.2) is 49.6 Å². The average Bonchev–Trinajstić information content (AvgIpc) is 3.12. The third kappa shape index (κ3) is 3.49. The number of aromatic nitrogens is 4. The number of amides is 1. The van der Waals surface area contributed by atoms with E-state index in [-0.39, 0.29) is 11.6 Å². The molecule has 5 heterocycles. The van der Waals surface area contributed by atoms with E-state index in [0.29, 0.717) is 23.7 Å². The van der Waals surface area contributed by atoms with Gasteiger partial charge in [-0.3, -0.25) is 9.20 Å². The summed E-state index contributed by atoms with van der Waals surface area (Å²) in [6.07, 6.45) is 7.63. The lowest BCUT2D eigenvalue weighted by atomic mass is 9.99. The summed E-state index contributed by atoms with van der Waals surface area (Å²) < 4.78 is 3.02. The second-order valence-corrected chi connectivity index (χ2v) is 8.67. The molecule has 0 aliphatic carbocycles. The van der Waals surface area contributed by atoms with E-state index in [1.807, 2.05) is 30.0 Å². The number of fused-ring (bicyclic) bond motifs is 2. The molecule has 1 amide bonds. The lowest BCUT2D eigenvalue weighted by Gasteiger charge is -2.32. The smallest absolute Gasteiger partial charge is 0.338 e. The van der Waals surface area contributed by atoms with E-state index in [4.69, 9.17) is 4.98 Å². The minimum absolute atomic E-state index is 0.0878. The van der Waals surface area contributed by atoms with E-state index >= 15 is 0 Å². The molecule has 8 nitrogen and oxygen atoms in total. The van der Waals surface area contributed by atoms with Gasteiger partial charge in [-0.05, 0) is 56.2 Å². The van der Waals surface area contributed by atoms with Crippen LogP contribution in [0.3, 0.4) is 0 Å². The molecule has 2 aliphatic rings. The van der Waals surface area contributed by atoms with Crippen molar-refractivity contribution in [1.29, 1.82) is 0 Å². The second-order valence-electron chi connectivity index (χ2n) is 8.67. The number of carbonyl (C=O) groups excluding carboxylic acids is 1. The van der Waals surface area contributed by atoms with Gasteiger partial charge in [-0.1, -0.05) is 6.92 Å². The molecular weight excluding hydrogens is 392 g/mol. The maximum Gasteiger partial charge on any atom is 0.350 e. The maximum absolute atomic E-state index is 13.0. The lowest BCUT2D eigenvalue weighted by molar-refractivity contribution is 0.0682. The average molecular weight is 421 g/mol. The van der Waals surface area contributed by atoms with E-state index in [9.17, 15) is 9.59 Å². The Hall–Kier alpha value is -3.16. The highest BCUT2D eigenvalue weighted by Crippen LogP contribution is 2.32. The summed E-state index contributed by atoms with van der Waals surface area (Å²) >= 11 is 0. The first-order valence-electron chi connectivity index (χ1n) is 11.2. The van der Waals surface area contributed by atoms with Gasteiger partial charge >= 0.3 is 5.69 Å². The largest absolute Gasteiger partial charge is 0.350 e. The summed E-state index contributed by atoms with van der Waals surface area (Å²) in [6.45, 7) is 7.14. The van der Waals surface area contributed by atoms with Gasteiger partial charge in [0.2, 0.25) is 0 Å². The zero-order valence-electron chi connectivity index (χ0n) is 18.1. The number of piperidine rings is 1. The van der Waals surface area contributed by atoms with Gasteiger partial charge < -0.3 is 9.80 Å². The van der Waals surface area contributed by atoms with Crippen molar-refractivity contribution in [2.45, 2.75) is 46.1 Å². The lowest BCUT2D eigenvalue weighted by Crippen LogP contribution is -2.39. The summed E-state index contributed by atoms with van der Waals surface area (Å²) in [4.78, 5) is 34.2. The van der Waals surface area contributed by atoms with Crippen LogP contribution >= 0.6 is 0 Å². The fourth-order valence-electron chi connectivity index (χ4n) is 4.77. The van der Waals surface area contributed by atoms with Crippen LogP contribution in [-0.2, 0) is 13.0 Å². The van der Waals surface area contributed by atoms with E-state index < -0.39 is 0 Å². The van der Waals surface area contributed by atoms with Crippen molar-refractivity contribution in [3.8, 4) is 0 Å². The molecule has 5 rings (SSSR count). The van der Waals surface area contributed by atoms with Crippen molar-refractivity contribution in [3.05, 3.63) is 52.2 Å². The van der Waals surface area contributed by atoms with Gasteiger partial charge in [-0.15, -0.1) is 5.10 Å². The van der Waals surface area contributed by atoms with Crippen LogP contribution < -0.4 is 10.6 Å². The molecule has 1 atom stereocenters. The highest BCUT2D eigenvalue weighted by molar-refractivity contribution is 5.94. The third-order valence-electron chi connectivity index (χ3n) is 6.40. The summed E-state index contributed by atoms with van der Waals surface area (Å²) in [5, 5.41) is 4.41. The summed E-state index contributed by atoms with van der Waals surface area (Å²) in [7, 11) is 0. The molecule has 0 saturated carbocycles. The Balaban J connectivity index is 1.46. The Labute approximate surface area is 181 Å². The molecular formula is C23H28N6O2. The van der Waals surface area contributed by atoms with Gasteiger partial charge in [0, 0.05) is 50.3 Å². The summed E-state index contributed by atoms with van der Waals surface area (Å²) in [5.41, 5.74) is 3.23. The number of pyridine rings is 2. The molecule has 0 spiro atoms. The monoisotopic (exact) mass is 420 g/mol. The Morgan fingerprint density at radius 1 is 1.23 bits per heavy atom. The molecule has 8 heteroatoms. The molecule has 1 fully saturated rings. The van der Waals surface area contributed by atoms with Crippen LogP contribution in [0.2, 0.25) is 0 Å². The number of likely N-dealkylation sites (tertiary alicyclic amines) is 1. The van der Waals surface area contributed by atoms with Crippen LogP contribution in [0.1, 0.15) is 49.0 Å². The van der Waals surface area contributed by atoms with Gasteiger partial charge in [0.1, 0.15) is 5.82 Å². The maximum atomic E-state index is 13.0. The molecule has 3 aromatic rings. The number of anilines is 2. The van der Waals surface area contributed by atoms with Crippen molar-refractivity contribution in [1.82, 2.24) is 24.1 Å². The molecule has 0 bridgehead atoms. The SMILES string of the molecule is CCn1nc2cc(N3CCCc4cc(C(=O)N5CCC[C@@H](C)C5)cnc43)ccn2c1=O. The standard InChI is InChI=1S/C23H28N6O2/c1-3-29-23(31)28-11-8-19(13-20(28)25-29)27-10-5-7-17-12-18(14-24-21(17)27)22(30)26-9-4-6-16(2)15-26/h8,11-14,16H,3-7,9-10,15H2,1-2H3/t16-/m1/s1. The normalized spacial score (nSPS) is 19.0. The number of carbonyl (C=O) groups is 1. The number of nitrogens with zero attached hydrogens (tertiary/aromatic N) is 6. The van der Waals surface area contributed by atoms with Crippen LogP contribution in [0.15, 0.2) is 35.4 Å². The minimum Gasteiger partial charge on any atom is -0.338 e. The van der Waals surface area contributed by atoms with Gasteiger partial charge in [0.15, 0.2) is 5.65 Å². The first-order valence-corrected chi connectivity index (χ1v) is 11.2. The summed E-state index contributed by atoms with van der Waals surface area (Å²) in [5.74, 6) is 1.53.